The summed E-state index contributed by atoms with van der Waals surface area (Å²) >= 11 is 6.03. The van der Waals surface area contributed by atoms with Crippen molar-refractivity contribution in [1.29, 1.82) is 0 Å². The summed E-state index contributed by atoms with van der Waals surface area (Å²) < 4.78 is 0. The minimum atomic E-state index is -0.429. The number of rotatable bonds is 9. The van der Waals surface area contributed by atoms with E-state index in [2.05, 4.69) is 13.8 Å². The topological polar surface area (TPSA) is 72.6 Å². The van der Waals surface area contributed by atoms with Gasteiger partial charge < -0.3 is 5.73 Å². The molecular weight excluding hydrogens is 388 g/mol. The van der Waals surface area contributed by atoms with Crippen molar-refractivity contribution in [3.8, 4) is 0 Å². The third-order valence-corrected chi connectivity index (χ3v) is 5.79. The van der Waals surface area contributed by atoms with Crippen LogP contribution in [0.15, 0.2) is 24.3 Å². The zero-order valence-corrected chi connectivity index (χ0v) is 19.3. The van der Waals surface area contributed by atoms with Crippen LogP contribution in [0.3, 0.4) is 0 Å². The molecule has 0 atom stereocenters. The second-order valence-corrected chi connectivity index (χ2v) is 9.13. The van der Waals surface area contributed by atoms with E-state index in [0.717, 1.165) is 44.1 Å². The van der Waals surface area contributed by atoms with Gasteiger partial charge in [0.2, 0.25) is 5.91 Å². The number of hydrogen-bond acceptors (Lipinski definition) is 3. The quantitative estimate of drug-likeness (QED) is 0.568. The van der Waals surface area contributed by atoms with Gasteiger partial charge in [-0.15, -0.1) is 0 Å². The van der Waals surface area contributed by atoms with Gasteiger partial charge in [-0.1, -0.05) is 76.3 Å². The Morgan fingerprint density at radius 3 is 2.17 bits per heavy atom. The molecule has 1 heterocycles. The van der Waals surface area contributed by atoms with Crippen LogP contribution in [-0.2, 0) is 21.0 Å². The third kappa shape index (κ3) is 7.63. The fourth-order valence-corrected chi connectivity index (χ4v) is 3.30. The summed E-state index contributed by atoms with van der Waals surface area (Å²) in [6, 6.07) is 7.46. The molecule has 1 fully saturated rings. The molecule has 164 valence electrons. The van der Waals surface area contributed by atoms with Crippen LogP contribution in [0.4, 0.5) is 0 Å². The average Bonchev–Trinajstić information content (AvgIpc) is 2.93. The van der Waals surface area contributed by atoms with Crippen molar-refractivity contribution in [3.05, 3.63) is 34.9 Å². The monoisotopic (exact) mass is 424 g/mol. The van der Waals surface area contributed by atoms with E-state index in [4.69, 9.17) is 22.2 Å². The van der Waals surface area contributed by atoms with Crippen LogP contribution >= 0.6 is 11.6 Å². The molecule has 0 radical (unpaired) electrons. The van der Waals surface area contributed by atoms with Crippen LogP contribution in [0.25, 0.3) is 0 Å². The molecule has 2 amide bonds. The van der Waals surface area contributed by atoms with Gasteiger partial charge in [0.1, 0.15) is 0 Å². The SMILES string of the molecule is CC1(C)CON(Cc2ccccc2Cl)C1=O.CCCCC(C)(CCCC)C(N)=O. The largest absolute Gasteiger partial charge is 0.369 e. The zero-order valence-electron chi connectivity index (χ0n) is 18.6. The second kappa shape index (κ2) is 11.6. The summed E-state index contributed by atoms with van der Waals surface area (Å²) in [6.07, 6.45) is 6.36. The highest BCUT2D eigenvalue weighted by Gasteiger charge is 2.40. The fourth-order valence-electron chi connectivity index (χ4n) is 3.10. The van der Waals surface area contributed by atoms with Crippen molar-refractivity contribution in [1.82, 2.24) is 5.06 Å². The zero-order chi connectivity index (χ0) is 22.1. The van der Waals surface area contributed by atoms with E-state index in [1.165, 1.54) is 5.06 Å². The van der Waals surface area contributed by atoms with Gasteiger partial charge in [-0.05, 0) is 38.3 Å². The van der Waals surface area contributed by atoms with Gasteiger partial charge >= 0.3 is 0 Å². The second-order valence-electron chi connectivity index (χ2n) is 8.72. The average molecular weight is 425 g/mol. The predicted octanol–water partition coefficient (Wildman–Crippen LogP) is 5.50. The summed E-state index contributed by atoms with van der Waals surface area (Å²) in [5, 5.41) is 2.05. The molecule has 1 aromatic carbocycles. The number of amides is 2. The van der Waals surface area contributed by atoms with Crippen LogP contribution in [-0.4, -0.2) is 23.5 Å². The highest BCUT2D eigenvalue weighted by Crippen LogP contribution is 2.30. The first-order valence-corrected chi connectivity index (χ1v) is 10.9. The van der Waals surface area contributed by atoms with Crippen molar-refractivity contribution in [2.45, 2.75) is 79.7 Å². The Morgan fingerprint density at radius 1 is 1.21 bits per heavy atom. The Bertz CT molecular complexity index is 668. The number of carbonyl (C=O) groups is 2. The van der Waals surface area contributed by atoms with Crippen LogP contribution in [0, 0.1) is 10.8 Å². The number of benzene rings is 1. The molecule has 6 heteroatoms. The summed E-state index contributed by atoms with van der Waals surface area (Å²) in [6.45, 7) is 10.9. The van der Waals surface area contributed by atoms with E-state index in [1.807, 2.05) is 45.0 Å². The Hall–Kier alpha value is -1.59. The number of nitrogens with zero attached hydrogens (tertiary/aromatic N) is 1. The van der Waals surface area contributed by atoms with Crippen molar-refractivity contribution >= 4 is 23.4 Å². The first-order chi connectivity index (χ1) is 13.6. The minimum absolute atomic E-state index is 0.00687. The normalized spacial score (nSPS) is 15.8. The highest BCUT2D eigenvalue weighted by molar-refractivity contribution is 6.31. The van der Waals surface area contributed by atoms with Gasteiger partial charge in [0.25, 0.3) is 5.91 Å². The van der Waals surface area contributed by atoms with Crippen molar-refractivity contribution in [2.24, 2.45) is 16.6 Å². The Morgan fingerprint density at radius 2 is 1.76 bits per heavy atom. The van der Waals surface area contributed by atoms with Crippen LogP contribution in [0.1, 0.15) is 78.7 Å². The summed E-state index contributed by atoms with van der Waals surface area (Å²) in [5.74, 6) is -0.123. The van der Waals surface area contributed by atoms with Crippen LogP contribution in [0.2, 0.25) is 5.02 Å². The Kier molecular flexibility index (Phi) is 10.1. The summed E-state index contributed by atoms with van der Waals surface area (Å²) in [4.78, 5) is 28.5. The molecule has 0 spiro atoms. The van der Waals surface area contributed by atoms with Crippen LogP contribution < -0.4 is 5.73 Å². The van der Waals surface area contributed by atoms with E-state index >= 15 is 0 Å². The Labute approximate surface area is 180 Å². The molecule has 2 rings (SSSR count). The number of carbonyl (C=O) groups excluding carboxylic acids is 2. The number of nitrogens with two attached hydrogens (primary N) is 1. The predicted molar refractivity (Wildman–Crippen MR) is 118 cm³/mol. The van der Waals surface area contributed by atoms with Crippen molar-refractivity contribution < 1.29 is 14.4 Å². The lowest BCUT2D eigenvalue weighted by Crippen LogP contribution is -2.34. The summed E-state index contributed by atoms with van der Waals surface area (Å²) in [7, 11) is 0. The lowest BCUT2D eigenvalue weighted by Gasteiger charge is -2.25. The van der Waals surface area contributed by atoms with Gasteiger partial charge in [-0.3, -0.25) is 14.4 Å². The van der Waals surface area contributed by atoms with Crippen molar-refractivity contribution in [3.63, 3.8) is 0 Å². The highest BCUT2D eigenvalue weighted by atomic mass is 35.5. The van der Waals surface area contributed by atoms with E-state index in [9.17, 15) is 9.59 Å². The first kappa shape index (κ1) is 25.4. The van der Waals surface area contributed by atoms with E-state index in [0.29, 0.717) is 18.2 Å². The Balaban J connectivity index is 0.000000298. The maximum Gasteiger partial charge on any atom is 0.254 e. The maximum absolute atomic E-state index is 11.9. The molecule has 1 aromatic rings. The maximum atomic E-state index is 11.9. The van der Waals surface area contributed by atoms with Gasteiger partial charge in [0, 0.05) is 10.4 Å². The lowest BCUT2D eigenvalue weighted by molar-refractivity contribution is -0.165. The lowest BCUT2D eigenvalue weighted by atomic mass is 9.79. The minimum Gasteiger partial charge on any atom is -0.369 e. The molecule has 29 heavy (non-hydrogen) atoms. The van der Waals surface area contributed by atoms with Crippen LogP contribution in [0.5, 0.6) is 0 Å². The van der Waals surface area contributed by atoms with Crippen molar-refractivity contribution in [2.75, 3.05) is 6.61 Å². The standard InChI is InChI=1S/C12H14ClNO2.C11H23NO/c1-12(2)8-16-14(11(12)15)7-9-5-3-4-6-10(9)13;1-4-6-8-11(3,10(12)13)9-7-5-2/h3-6H,7-8H2,1-2H3;4-9H2,1-3H3,(H2,12,13). The van der Waals surface area contributed by atoms with E-state index < -0.39 is 5.41 Å². The molecule has 1 aliphatic rings. The molecular formula is C23H37ClN2O3. The molecule has 5 nitrogen and oxygen atoms in total. The first-order valence-electron chi connectivity index (χ1n) is 10.6. The molecule has 2 N–H and O–H groups in total. The van der Waals surface area contributed by atoms with Gasteiger partial charge in [0.05, 0.1) is 18.6 Å². The molecule has 0 saturated carbocycles. The van der Waals surface area contributed by atoms with Gasteiger partial charge in [-0.25, -0.2) is 5.06 Å². The molecule has 0 aliphatic carbocycles. The van der Waals surface area contributed by atoms with E-state index in [-0.39, 0.29) is 17.2 Å². The molecule has 0 bridgehead atoms. The number of hydrogen-bond donors (Lipinski definition) is 1. The van der Waals surface area contributed by atoms with Gasteiger partial charge in [-0.2, -0.15) is 0 Å². The number of halogens is 1. The van der Waals surface area contributed by atoms with E-state index in [1.54, 1.807) is 0 Å². The third-order valence-electron chi connectivity index (χ3n) is 5.42. The number of unbranched alkanes of at least 4 members (excludes halogenated alkanes) is 2. The number of hydroxylamine groups is 2. The summed E-state index contributed by atoms with van der Waals surface area (Å²) in [5.41, 5.74) is 5.62. The molecule has 1 aliphatic heterocycles. The number of primary amides is 1. The molecule has 1 saturated heterocycles. The molecule has 0 aromatic heterocycles. The molecule has 0 unspecified atom stereocenters. The van der Waals surface area contributed by atoms with Gasteiger partial charge in [0.15, 0.2) is 0 Å². The smallest absolute Gasteiger partial charge is 0.254 e. The fraction of sp³-hybridized carbons (Fsp3) is 0.652.